The van der Waals surface area contributed by atoms with Crippen molar-refractivity contribution >= 4 is 0 Å². The van der Waals surface area contributed by atoms with Crippen LogP contribution in [0.3, 0.4) is 0 Å². The second kappa shape index (κ2) is 3.81. The van der Waals surface area contributed by atoms with E-state index in [-0.39, 0.29) is 11.9 Å². The molecule has 0 amide bonds. The highest BCUT2D eigenvalue weighted by atomic mass is 16.5. The Hall–Kier alpha value is -1.69. The van der Waals surface area contributed by atoms with Gasteiger partial charge in [-0.15, -0.1) is 0 Å². The van der Waals surface area contributed by atoms with Gasteiger partial charge in [0.1, 0.15) is 11.5 Å². The Labute approximate surface area is 77.2 Å². The van der Waals surface area contributed by atoms with Gasteiger partial charge in [-0.1, -0.05) is 0 Å². The summed E-state index contributed by atoms with van der Waals surface area (Å²) in [7, 11) is 0. The maximum absolute atomic E-state index is 9.21. The van der Waals surface area contributed by atoms with Gasteiger partial charge in [0.25, 0.3) is 0 Å². The molecule has 1 rings (SSSR count). The molecule has 0 bridgehead atoms. The van der Waals surface area contributed by atoms with Crippen LogP contribution in [0.2, 0.25) is 0 Å². The van der Waals surface area contributed by atoms with Gasteiger partial charge >= 0.3 is 0 Å². The van der Waals surface area contributed by atoms with Gasteiger partial charge in [0, 0.05) is 6.07 Å². The van der Waals surface area contributed by atoms with Crippen LogP contribution in [0.4, 0.5) is 0 Å². The molecule has 0 aromatic heterocycles. The van der Waals surface area contributed by atoms with Crippen LogP contribution >= 0.6 is 0 Å². The first-order valence-electron chi connectivity index (χ1n) is 4.02. The molecule has 3 nitrogen and oxygen atoms in total. The van der Waals surface area contributed by atoms with Gasteiger partial charge in [-0.25, -0.2) is 0 Å². The Kier molecular flexibility index (Phi) is 2.76. The van der Waals surface area contributed by atoms with Crippen LogP contribution in [0.25, 0.3) is 0 Å². The van der Waals surface area contributed by atoms with E-state index in [2.05, 4.69) is 0 Å². The Bertz CT molecular complexity index is 339. The third-order valence-electron chi connectivity index (χ3n) is 1.39. The molecule has 0 saturated carbocycles. The lowest BCUT2D eigenvalue weighted by Crippen LogP contribution is -2.05. The van der Waals surface area contributed by atoms with Crippen LogP contribution < -0.4 is 4.74 Å². The molecule has 0 radical (unpaired) electrons. The van der Waals surface area contributed by atoms with E-state index in [4.69, 9.17) is 10.00 Å². The minimum atomic E-state index is 0.0355. The van der Waals surface area contributed by atoms with E-state index in [1.54, 1.807) is 6.07 Å². The van der Waals surface area contributed by atoms with Crippen molar-refractivity contribution in [1.29, 1.82) is 5.26 Å². The van der Waals surface area contributed by atoms with Crippen molar-refractivity contribution < 1.29 is 9.84 Å². The van der Waals surface area contributed by atoms with E-state index >= 15 is 0 Å². The summed E-state index contributed by atoms with van der Waals surface area (Å²) in [5.41, 5.74) is 0.399. The summed E-state index contributed by atoms with van der Waals surface area (Å²) in [5.74, 6) is 0.571. The molecule has 13 heavy (non-hydrogen) atoms. The zero-order valence-electron chi connectivity index (χ0n) is 7.61. The maximum Gasteiger partial charge on any atom is 0.124 e. The summed E-state index contributed by atoms with van der Waals surface area (Å²) >= 11 is 0. The zero-order valence-corrected chi connectivity index (χ0v) is 7.61. The first kappa shape index (κ1) is 9.40. The number of phenolic OH excluding ortho intramolecular Hbond substituents is 1. The summed E-state index contributed by atoms with van der Waals surface area (Å²) in [6, 6.07) is 6.42. The van der Waals surface area contributed by atoms with Gasteiger partial charge in [0.15, 0.2) is 0 Å². The summed E-state index contributed by atoms with van der Waals surface area (Å²) in [4.78, 5) is 0. The summed E-state index contributed by atoms with van der Waals surface area (Å²) in [6.45, 7) is 3.77. The smallest absolute Gasteiger partial charge is 0.124 e. The van der Waals surface area contributed by atoms with Gasteiger partial charge in [0.2, 0.25) is 0 Å². The van der Waals surface area contributed by atoms with E-state index in [1.165, 1.54) is 12.1 Å². The molecule has 68 valence electrons. The van der Waals surface area contributed by atoms with Crippen LogP contribution in [-0.2, 0) is 0 Å². The average molecular weight is 177 g/mol. The molecule has 1 aromatic rings. The molecule has 0 spiro atoms. The Morgan fingerprint density at radius 1 is 1.38 bits per heavy atom. The monoisotopic (exact) mass is 177 g/mol. The van der Waals surface area contributed by atoms with Crippen LogP contribution in [0.5, 0.6) is 11.5 Å². The molecule has 0 aliphatic heterocycles. The van der Waals surface area contributed by atoms with Crippen molar-refractivity contribution in [1.82, 2.24) is 0 Å². The molecule has 0 heterocycles. The number of hydrogen-bond donors (Lipinski definition) is 1. The van der Waals surface area contributed by atoms with Crippen LogP contribution in [0.1, 0.15) is 19.4 Å². The SMILES string of the molecule is CC(C)Oc1cc(O)cc(C#N)c1. The maximum atomic E-state index is 9.21. The minimum Gasteiger partial charge on any atom is -0.508 e. The highest BCUT2D eigenvalue weighted by Crippen LogP contribution is 2.21. The molecule has 0 unspecified atom stereocenters. The molecule has 1 N–H and O–H groups in total. The molecule has 1 aromatic carbocycles. The van der Waals surface area contributed by atoms with Crippen molar-refractivity contribution in [2.75, 3.05) is 0 Å². The second-order valence-corrected chi connectivity index (χ2v) is 2.99. The number of nitrogens with zero attached hydrogens (tertiary/aromatic N) is 1. The second-order valence-electron chi connectivity index (χ2n) is 2.99. The molecule has 0 fully saturated rings. The largest absolute Gasteiger partial charge is 0.508 e. The number of aromatic hydroxyl groups is 1. The van der Waals surface area contributed by atoms with Gasteiger partial charge in [0.05, 0.1) is 17.7 Å². The third-order valence-corrected chi connectivity index (χ3v) is 1.39. The van der Waals surface area contributed by atoms with E-state index in [9.17, 15) is 5.11 Å². The van der Waals surface area contributed by atoms with Gasteiger partial charge < -0.3 is 9.84 Å². The molecular formula is C10H11NO2. The average Bonchev–Trinajstić information content (AvgIpc) is 2.01. The first-order chi connectivity index (χ1) is 6.11. The number of rotatable bonds is 2. The quantitative estimate of drug-likeness (QED) is 0.752. The molecule has 0 atom stereocenters. The van der Waals surface area contributed by atoms with Crippen molar-refractivity contribution in [2.45, 2.75) is 20.0 Å². The minimum absolute atomic E-state index is 0.0355. The van der Waals surface area contributed by atoms with Crippen molar-refractivity contribution in [2.24, 2.45) is 0 Å². The van der Waals surface area contributed by atoms with Crippen molar-refractivity contribution in [3.8, 4) is 17.6 Å². The number of phenols is 1. The highest BCUT2D eigenvalue weighted by molar-refractivity contribution is 5.43. The number of nitriles is 1. The van der Waals surface area contributed by atoms with Crippen molar-refractivity contribution in [3.05, 3.63) is 23.8 Å². The lowest BCUT2D eigenvalue weighted by molar-refractivity contribution is 0.241. The standard InChI is InChI=1S/C10H11NO2/c1-7(2)13-10-4-8(6-11)3-9(12)5-10/h3-5,7,12H,1-2H3. The van der Waals surface area contributed by atoms with Crippen LogP contribution in [0, 0.1) is 11.3 Å². The first-order valence-corrected chi connectivity index (χ1v) is 4.02. The molecule has 0 saturated heterocycles. The third kappa shape index (κ3) is 2.68. The fraction of sp³-hybridized carbons (Fsp3) is 0.300. The van der Waals surface area contributed by atoms with Gasteiger partial charge in [-0.2, -0.15) is 5.26 Å². The van der Waals surface area contributed by atoms with Gasteiger partial charge in [-0.05, 0) is 26.0 Å². The number of hydrogen-bond acceptors (Lipinski definition) is 3. The van der Waals surface area contributed by atoms with E-state index < -0.39 is 0 Å². The Morgan fingerprint density at radius 3 is 2.62 bits per heavy atom. The molecular weight excluding hydrogens is 166 g/mol. The predicted molar refractivity (Wildman–Crippen MR) is 48.6 cm³/mol. The fourth-order valence-corrected chi connectivity index (χ4v) is 0.988. The fourth-order valence-electron chi connectivity index (χ4n) is 0.988. The Balaban J connectivity index is 2.96. The summed E-state index contributed by atoms with van der Waals surface area (Å²) in [5, 5.41) is 17.8. The molecule has 0 aliphatic carbocycles. The molecule has 3 heteroatoms. The molecule has 0 aliphatic rings. The summed E-state index contributed by atoms with van der Waals surface area (Å²) in [6.07, 6.45) is 0.0355. The summed E-state index contributed by atoms with van der Waals surface area (Å²) < 4.78 is 5.33. The zero-order chi connectivity index (χ0) is 9.84. The van der Waals surface area contributed by atoms with E-state index in [1.807, 2.05) is 19.9 Å². The van der Waals surface area contributed by atoms with Gasteiger partial charge in [-0.3, -0.25) is 0 Å². The van der Waals surface area contributed by atoms with Crippen molar-refractivity contribution in [3.63, 3.8) is 0 Å². The van der Waals surface area contributed by atoms with E-state index in [0.29, 0.717) is 11.3 Å². The normalized spacial score (nSPS) is 9.69. The Morgan fingerprint density at radius 2 is 2.08 bits per heavy atom. The highest BCUT2D eigenvalue weighted by Gasteiger charge is 2.02. The topological polar surface area (TPSA) is 53.2 Å². The predicted octanol–water partition coefficient (Wildman–Crippen LogP) is 2.05. The van der Waals surface area contributed by atoms with E-state index in [0.717, 1.165) is 0 Å². The van der Waals surface area contributed by atoms with Crippen LogP contribution in [-0.4, -0.2) is 11.2 Å². The van der Waals surface area contributed by atoms with Crippen LogP contribution in [0.15, 0.2) is 18.2 Å². The number of benzene rings is 1. The number of ether oxygens (including phenoxy) is 1. The lowest BCUT2D eigenvalue weighted by Gasteiger charge is -2.09. The lowest BCUT2D eigenvalue weighted by atomic mass is 10.2.